The minimum absolute atomic E-state index is 0.102. The molecule has 2 aliphatic carbocycles. The van der Waals surface area contributed by atoms with Gasteiger partial charge in [-0.15, -0.1) is 0 Å². The molecule has 3 fully saturated rings. The number of fused-ring (bicyclic) bond motifs is 1. The Morgan fingerprint density at radius 2 is 2.13 bits per heavy atom. The molecule has 0 spiro atoms. The SMILES string of the molecule is C=C1CC[C@@H]2C(C)C(C)CC[C@@]2(C)[C@@H]1C/C=C1/C(=O)OC[C@H]1O. The molecule has 1 saturated heterocycles. The number of rotatable bonds is 2. The van der Waals surface area contributed by atoms with Crippen LogP contribution >= 0.6 is 0 Å². The molecule has 1 heterocycles. The average Bonchev–Trinajstić information content (AvgIpc) is 2.82. The normalized spacial score (nSPS) is 45.9. The van der Waals surface area contributed by atoms with Crippen LogP contribution in [0.5, 0.6) is 0 Å². The van der Waals surface area contributed by atoms with E-state index in [1.165, 1.54) is 24.8 Å². The fraction of sp³-hybridized carbons (Fsp3) is 0.750. The van der Waals surface area contributed by atoms with Gasteiger partial charge in [0, 0.05) is 0 Å². The zero-order valence-electron chi connectivity index (χ0n) is 14.7. The van der Waals surface area contributed by atoms with E-state index in [4.69, 9.17) is 4.74 Å². The number of carbonyl (C=O) groups excluding carboxylic acids is 1. The summed E-state index contributed by atoms with van der Waals surface area (Å²) in [5.41, 5.74) is 2.04. The monoisotopic (exact) mass is 318 g/mol. The van der Waals surface area contributed by atoms with Crippen molar-refractivity contribution in [3.05, 3.63) is 23.8 Å². The number of hydrogen-bond acceptors (Lipinski definition) is 3. The number of esters is 1. The number of aliphatic hydroxyl groups is 1. The van der Waals surface area contributed by atoms with E-state index in [-0.39, 0.29) is 18.0 Å². The topological polar surface area (TPSA) is 46.5 Å². The zero-order chi connectivity index (χ0) is 16.8. The first-order chi connectivity index (χ1) is 10.8. The summed E-state index contributed by atoms with van der Waals surface area (Å²) < 4.78 is 4.93. The molecule has 1 N–H and O–H groups in total. The fourth-order valence-corrected chi connectivity index (χ4v) is 5.35. The van der Waals surface area contributed by atoms with Gasteiger partial charge >= 0.3 is 5.97 Å². The van der Waals surface area contributed by atoms with Gasteiger partial charge in [-0.3, -0.25) is 0 Å². The predicted molar refractivity (Wildman–Crippen MR) is 90.7 cm³/mol. The highest BCUT2D eigenvalue weighted by atomic mass is 16.6. The molecule has 0 aromatic heterocycles. The smallest absolute Gasteiger partial charge is 0.336 e. The molecule has 1 aliphatic heterocycles. The Bertz CT molecular complexity index is 535. The summed E-state index contributed by atoms with van der Waals surface area (Å²) in [6, 6.07) is 0. The lowest BCUT2D eigenvalue weighted by Gasteiger charge is -2.55. The van der Waals surface area contributed by atoms with E-state index in [9.17, 15) is 9.90 Å². The molecular weight excluding hydrogens is 288 g/mol. The minimum Gasteiger partial charge on any atom is -0.459 e. The number of allylic oxidation sites excluding steroid dienone is 2. The van der Waals surface area contributed by atoms with Crippen LogP contribution in [0.25, 0.3) is 0 Å². The lowest BCUT2D eigenvalue weighted by Crippen LogP contribution is -2.47. The van der Waals surface area contributed by atoms with Gasteiger partial charge in [-0.1, -0.05) is 39.0 Å². The van der Waals surface area contributed by atoms with E-state index in [2.05, 4.69) is 27.4 Å². The van der Waals surface area contributed by atoms with Crippen LogP contribution in [0.15, 0.2) is 23.8 Å². The highest BCUT2D eigenvalue weighted by Gasteiger charge is 2.50. The largest absolute Gasteiger partial charge is 0.459 e. The number of aliphatic hydroxyl groups excluding tert-OH is 1. The number of cyclic esters (lactones) is 1. The van der Waals surface area contributed by atoms with E-state index >= 15 is 0 Å². The first kappa shape index (κ1) is 16.8. The number of hydrogen-bond donors (Lipinski definition) is 1. The van der Waals surface area contributed by atoms with Crippen LogP contribution < -0.4 is 0 Å². The standard InChI is InChI=1S/C20H30O3/c1-12-9-10-20(4)16(13(2)5-7-17(20)14(12)3)8-6-15-18(21)11-23-19(15)22/h6,12,14,16-18,21H,2,5,7-11H2,1,3-4H3/b15-6+/t12?,14?,16-,17-,18-,20+/m1/s1. The summed E-state index contributed by atoms with van der Waals surface area (Å²) in [6.45, 7) is 11.7. The summed E-state index contributed by atoms with van der Waals surface area (Å²) in [5.74, 6) is 2.33. The Morgan fingerprint density at radius 1 is 1.39 bits per heavy atom. The molecule has 3 rings (SSSR count). The van der Waals surface area contributed by atoms with Gasteiger partial charge in [0.15, 0.2) is 0 Å². The molecule has 0 bridgehead atoms. The van der Waals surface area contributed by atoms with Crippen LogP contribution in [0.4, 0.5) is 0 Å². The fourth-order valence-electron chi connectivity index (χ4n) is 5.35. The van der Waals surface area contributed by atoms with Crippen molar-refractivity contribution in [1.29, 1.82) is 0 Å². The molecule has 0 aromatic rings. The Kier molecular flexibility index (Phi) is 4.43. The molecule has 0 aromatic carbocycles. The molecule has 2 saturated carbocycles. The third kappa shape index (κ3) is 2.77. The lowest BCUT2D eigenvalue weighted by molar-refractivity contribution is -0.135. The van der Waals surface area contributed by atoms with Gasteiger partial charge in [-0.25, -0.2) is 4.79 Å². The van der Waals surface area contributed by atoms with Gasteiger partial charge in [0.05, 0.1) is 5.57 Å². The second-order valence-corrected chi connectivity index (χ2v) is 8.25. The van der Waals surface area contributed by atoms with Crippen LogP contribution in [0.1, 0.15) is 52.9 Å². The molecule has 0 radical (unpaired) electrons. The zero-order valence-corrected chi connectivity index (χ0v) is 14.7. The van der Waals surface area contributed by atoms with Gasteiger partial charge in [-0.2, -0.15) is 0 Å². The molecule has 3 aliphatic rings. The van der Waals surface area contributed by atoms with Gasteiger partial charge in [-0.05, 0) is 61.2 Å². The lowest BCUT2D eigenvalue weighted by atomic mass is 9.49. The van der Waals surface area contributed by atoms with Crippen molar-refractivity contribution in [3.63, 3.8) is 0 Å². The molecule has 2 unspecified atom stereocenters. The van der Waals surface area contributed by atoms with E-state index in [0.717, 1.165) is 30.6 Å². The summed E-state index contributed by atoms with van der Waals surface area (Å²) in [6.07, 6.45) is 6.83. The Morgan fingerprint density at radius 3 is 2.78 bits per heavy atom. The Balaban J connectivity index is 1.83. The maximum Gasteiger partial charge on any atom is 0.336 e. The molecular formula is C20H30O3. The summed E-state index contributed by atoms with van der Waals surface area (Å²) in [5, 5.41) is 9.89. The third-order valence-corrected chi connectivity index (χ3v) is 7.12. The van der Waals surface area contributed by atoms with E-state index in [1.807, 2.05) is 6.08 Å². The first-order valence-corrected chi connectivity index (χ1v) is 9.07. The second-order valence-electron chi connectivity index (χ2n) is 8.25. The maximum absolute atomic E-state index is 11.7. The minimum atomic E-state index is -0.756. The predicted octanol–water partition coefficient (Wildman–Crippen LogP) is 3.88. The summed E-state index contributed by atoms with van der Waals surface area (Å²) in [4.78, 5) is 11.7. The van der Waals surface area contributed by atoms with Gasteiger partial charge in [0.25, 0.3) is 0 Å². The van der Waals surface area contributed by atoms with Crippen molar-refractivity contribution >= 4 is 5.97 Å². The van der Waals surface area contributed by atoms with Gasteiger partial charge < -0.3 is 9.84 Å². The van der Waals surface area contributed by atoms with Crippen LogP contribution in [0.2, 0.25) is 0 Å². The summed E-state index contributed by atoms with van der Waals surface area (Å²) in [7, 11) is 0. The van der Waals surface area contributed by atoms with Gasteiger partial charge in [0.2, 0.25) is 0 Å². The van der Waals surface area contributed by atoms with Gasteiger partial charge in [0.1, 0.15) is 12.7 Å². The van der Waals surface area contributed by atoms with E-state index in [1.54, 1.807) is 0 Å². The molecule has 3 heteroatoms. The van der Waals surface area contributed by atoms with E-state index in [0.29, 0.717) is 11.5 Å². The van der Waals surface area contributed by atoms with Crippen molar-refractivity contribution in [2.45, 2.75) is 59.0 Å². The quantitative estimate of drug-likeness (QED) is 0.477. The molecule has 128 valence electrons. The van der Waals surface area contributed by atoms with Crippen LogP contribution in [0, 0.1) is 29.1 Å². The van der Waals surface area contributed by atoms with E-state index < -0.39 is 6.10 Å². The third-order valence-electron chi connectivity index (χ3n) is 7.12. The Hall–Kier alpha value is -1.09. The molecule has 6 atom stereocenters. The van der Waals surface area contributed by atoms with Crippen molar-refractivity contribution in [1.82, 2.24) is 0 Å². The second kappa shape index (κ2) is 6.08. The summed E-state index contributed by atoms with van der Waals surface area (Å²) >= 11 is 0. The Labute approximate surface area is 139 Å². The maximum atomic E-state index is 11.7. The van der Waals surface area contributed by atoms with Crippen molar-refractivity contribution < 1.29 is 14.6 Å². The number of ether oxygens (including phenoxy) is 1. The number of carbonyl (C=O) groups is 1. The molecule has 0 amide bonds. The van der Waals surface area contributed by atoms with Crippen LogP contribution in [-0.2, 0) is 9.53 Å². The van der Waals surface area contributed by atoms with Crippen molar-refractivity contribution in [2.24, 2.45) is 29.1 Å². The molecule has 23 heavy (non-hydrogen) atoms. The van der Waals surface area contributed by atoms with Crippen molar-refractivity contribution in [2.75, 3.05) is 6.61 Å². The molecule has 3 nitrogen and oxygen atoms in total. The van der Waals surface area contributed by atoms with Crippen molar-refractivity contribution in [3.8, 4) is 0 Å². The highest BCUT2D eigenvalue weighted by molar-refractivity contribution is 5.91. The highest BCUT2D eigenvalue weighted by Crippen LogP contribution is 2.58. The average molecular weight is 318 g/mol. The van der Waals surface area contributed by atoms with Crippen LogP contribution in [-0.4, -0.2) is 23.8 Å². The first-order valence-electron chi connectivity index (χ1n) is 9.07. The van der Waals surface area contributed by atoms with Crippen LogP contribution in [0.3, 0.4) is 0 Å².